The first-order chi connectivity index (χ1) is 14.1. The minimum atomic E-state index is -0.270. The smallest absolute Gasteiger partial charge is 0.272 e. The SMILES string of the molecule is CN1CCN(CCCNC(=O)c2nn(-c3ccc(F)cc3)c3c2CCCC3)CC1. The van der Waals surface area contributed by atoms with E-state index >= 15 is 0 Å². The Balaban J connectivity index is 1.40. The molecule has 0 radical (unpaired) electrons. The minimum absolute atomic E-state index is 0.0950. The van der Waals surface area contributed by atoms with Crippen molar-refractivity contribution in [3.05, 3.63) is 47.0 Å². The van der Waals surface area contributed by atoms with Crippen LogP contribution in [0.15, 0.2) is 24.3 Å². The fourth-order valence-electron chi connectivity index (χ4n) is 4.24. The van der Waals surface area contributed by atoms with Crippen molar-refractivity contribution < 1.29 is 9.18 Å². The van der Waals surface area contributed by atoms with Gasteiger partial charge in [0.2, 0.25) is 0 Å². The lowest BCUT2D eigenvalue weighted by Crippen LogP contribution is -2.45. The number of carbonyl (C=O) groups is 1. The Labute approximate surface area is 171 Å². The number of piperazine rings is 1. The zero-order valence-corrected chi connectivity index (χ0v) is 17.2. The molecule has 2 aliphatic rings. The molecule has 7 heteroatoms. The molecule has 2 aromatic rings. The average Bonchev–Trinajstić information content (AvgIpc) is 3.13. The summed E-state index contributed by atoms with van der Waals surface area (Å²) in [7, 11) is 2.16. The van der Waals surface area contributed by atoms with E-state index in [0.29, 0.717) is 12.2 Å². The van der Waals surface area contributed by atoms with Crippen LogP contribution in [-0.2, 0) is 12.8 Å². The average molecular weight is 400 g/mol. The van der Waals surface area contributed by atoms with Crippen molar-refractivity contribution in [2.45, 2.75) is 32.1 Å². The van der Waals surface area contributed by atoms with E-state index in [9.17, 15) is 9.18 Å². The molecule has 0 atom stereocenters. The molecule has 0 unspecified atom stereocenters. The van der Waals surface area contributed by atoms with E-state index in [2.05, 4.69) is 27.3 Å². The van der Waals surface area contributed by atoms with E-state index in [0.717, 1.165) is 81.8 Å². The van der Waals surface area contributed by atoms with E-state index in [1.807, 2.05) is 4.68 Å². The van der Waals surface area contributed by atoms with Gasteiger partial charge in [-0.1, -0.05) is 0 Å². The molecule has 0 spiro atoms. The molecule has 0 bridgehead atoms. The molecular formula is C22H30FN5O. The Hall–Kier alpha value is -2.25. The van der Waals surface area contributed by atoms with Gasteiger partial charge in [-0.15, -0.1) is 0 Å². The molecule has 156 valence electrons. The Morgan fingerprint density at radius 2 is 1.83 bits per heavy atom. The molecule has 1 aliphatic carbocycles. The Morgan fingerprint density at radius 3 is 2.59 bits per heavy atom. The summed E-state index contributed by atoms with van der Waals surface area (Å²) in [4.78, 5) is 17.6. The minimum Gasteiger partial charge on any atom is -0.351 e. The van der Waals surface area contributed by atoms with Crippen LogP contribution in [0.4, 0.5) is 4.39 Å². The highest BCUT2D eigenvalue weighted by Crippen LogP contribution is 2.27. The molecule has 1 saturated heterocycles. The van der Waals surface area contributed by atoms with Crippen LogP contribution < -0.4 is 5.32 Å². The molecule has 1 aromatic heterocycles. The molecule has 1 N–H and O–H groups in total. The lowest BCUT2D eigenvalue weighted by molar-refractivity contribution is 0.0943. The first-order valence-corrected chi connectivity index (χ1v) is 10.7. The summed E-state index contributed by atoms with van der Waals surface area (Å²) in [5.41, 5.74) is 3.48. The number of amides is 1. The van der Waals surface area contributed by atoms with Gasteiger partial charge in [-0.3, -0.25) is 4.79 Å². The predicted octanol–water partition coefficient (Wildman–Crippen LogP) is 2.26. The number of likely N-dealkylation sites (N-methyl/N-ethyl adjacent to an activating group) is 1. The second kappa shape index (κ2) is 9.05. The van der Waals surface area contributed by atoms with E-state index in [4.69, 9.17) is 0 Å². The zero-order chi connectivity index (χ0) is 20.2. The second-order valence-electron chi connectivity index (χ2n) is 8.12. The van der Waals surface area contributed by atoms with E-state index in [1.54, 1.807) is 12.1 Å². The van der Waals surface area contributed by atoms with Crippen molar-refractivity contribution in [1.29, 1.82) is 0 Å². The highest BCUT2D eigenvalue weighted by atomic mass is 19.1. The molecule has 1 amide bonds. The van der Waals surface area contributed by atoms with Gasteiger partial charge in [0.05, 0.1) is 5.69 Å². The van der Waals surface area contributed by atoms with Gasteiger partial charge in [0.25, 0.3) is 5.91 Å². The number of hydrogen-bond donors (Lipinski definition) is 1. The summed E-state index contributed by atoms with van der Waals surface area (Å²) >= 11 is 0. The fourth-order valence-corrected chi connectivity index (χ4v) is 4.24. The van der Waals surface area contributed by atoms with Gasteiger partial charge < -0.3 is 15.1 Å². The zero-order valence-electron chi connectivity index (χ0n) is 17.2. The monoisotopic (exact) mass is 399 g/mol. The standard InChI is InChI=1S/C22H30FN5O/c1-26-13-15-27(16-14-26)12-4-11-24-22(29)21-19-5-2-3-6-20(19)28(25-21)18-9-7-17(23)8-10-18/h7-10H,2-6,11-16H2,1H3,(H,24,29). The normalized spacial score (nSPS) is 17.9. The summed E-state index contributed by atoms with van der Waals surface area (Å²) in [6.07, 6.45) is 4.88. The molecule has 29 heavy (non-hydrogen) atoms. The second-order valence-corrected chi connectivity index (χ2v) is 8.12. The fraction of sp³-hybridized carbons (Fsp3) is 0.545. The Bertz CT molecular complexity index is 840. The Morgan fingerprint density at radius 1 is 1.10 bits per heavy atom. The topological polar surface area (TPSA) is 53.4 Å². The molecule has 1 fully saturated rings. The van der Waals surface area contributed by atoms with Crippen LogP contribution in [0.3, 0.4) is 0 Å². The van der Waals surface area contributed by atoms with Gasteiger partial charge in [-0.25, -0.2) is 9.07 Å². The van der Waals surface area contributed by atoms with Crippen LogP contribution in [0.25, 0.3) is 5.69 Å². The molecule has 6 nitrogen and oxygen atoms in total. The maximum atomic E-state index is 13.3. The van der Waals surface area contributed by atoms with Gasteiger partial charge in [-0.2, -0.15) is 5.10 Å². The highest BCUT2D eigenvalue weighted by molar-refractivity contribution is 5.94. The van der Waals surface area contributed by atoms with Crippen molar-refractivity contribution in [2.75, 3.05) is 46.3 Å². The maximum absolute atomic E-state index is 13.3. The van der Waals surface area contributed by atoms with Gasteiger partial charge in [0.15, 0.2) is 5.69 Å². The summed E-state index contributed by atoms with van der Waals surface area (Å²) in [6, 6.07) is 6.30. The number of rotatable bonds is 6. The first-order valence-electron chi connectivity index (χ1n) is 10.7. The molecular weight excluding hydrogens is 369 g/mol. The predicted molar refractivity (Wildman–Crippen MR) is 111 cm³/mol. The van der Waals surface area contributed by atoms with E-state index < -0.39 is 0 Å². The molecule has 4 rings (SSSR count). The summed E-state index contributed by atoms with van der Waals surface area (Å²) in [6.45, 7) is 6.08. The van der Waals surface area contributed by atoms with Gasteiger partial charge in [0, 0.05) is 44.0 Å². The third-order valence-electron chi connectivity index (χ3n) is 6.00. The summed E-state index contributed by atoms with van der Waals surface area (Å²) < 4.78 is 15.1. The lowest BCUT2D eigenvalue weighted by atomic mass is 9.95. The maximum Gasteiger partial charge on any atom is 0.272 e. The number of fused-ring (bicyclic) bond motifs is 1. The van der Waals surface area contributed by atoms with E-state index in [-0.39, 0.29) is 11.7 Å². The number of hydrogen-bond acceptors (Lipinski definition) is 4. The van der Waals surface area contributed by atoms with Crippen LogP contribution in [0.5, 0.6) is 0 Å². The van der Waals surface area contributed by atoms with Gasteiger partial charge in [-0.05, 0) is 70.0 Å². The molecule has 1 aromatic carbocycles. The van der Waals surface area contributed by atoms with Crippen molar-refractivity contribution in [1.82, 2.24) is 24.9 Å². The largest absolute Gasteiger partial charge is 0.351 e. The van der Waals surface area contributed by atoms with Crippen LogP contribution in [0, 0.1) is 5.82 Å². The van der Waals surface area contributed by atoms with Crippen molar-refractivity contribution in [2.24, 2.45) is 0 Å². The third-order valence-corrected chi connectivity index (χ3v) is 6.00. The van der Waals surface area contributed by atoms with Crippen molar-refractivity contribution in [3.63, 3.8) is 0 Å². The first kappa shape index (κ1) is 20.0. The number of aromatic nitrogens is 2. The number of nitrogens with zero attached hydrogens (tertiary/aromatic N) is 4. The number of carbonyl (C=O) groups excluding carboxylic acids is 1. The lowest BCUT2D eigenvalue weighted by Gasteiger charge is -2.32. The molecule has 1 aliphatic heterocycles. The quantitative estimate of drug-likeness (QED) is 0.757. The number of nitrogens with one attached hydrogen (secondary N) is 1. The summed E-state index contributed by atoms with van der Waals surface area (Å²) in [5, 5.41) is 7.69. The molecule has 0 saturated carbocycles. The summed E-state index contributed by atoms with van der Waals surface area (Å²) in [5.74, 6) is -0.365. The molecule has 2 heterocycles. The van der Waals surface area contributed by atoms with Crippen LogP contribution >= 0.6 is 0 Å². The number of benzene rings is 1. The van der Waals surface area contributed by atoms with Crippen LogP contribution in [-0.4, -0.2) is 71.8 Å². The van der Waals surface area contributed by atoms with Gasteiger partial charge in [0.1, 0.15) is 5.82 Å². The number of halogens is 1. The highest BCUT2D eigenvalue weighted by Gasteiger charge is 2.25. The Kier molecular flexibility index (Phi) is 6.25. The van der Waals surface area contributed by atoms with Crippen molar-refractivity contribution >= 4 is 5.91 Å². The van der Waals surface area contributed by atoms with Gasteiger partial charge >= 0.3 is 0 Å². The third kappa shape index (κ3) is 4.67. The van der Waals surface area contributed by atoms with Crippen molar-refractivity contribution in [3.8, 4) is 5.69 Å². The van der Waals surface area contributed by atoms with Crippen LogP contribution in [0.2, 0.25) is 0 Å². The van der Waals surface area contributed by atoms with Crippen LogP contribution in [0.1, 0.15) is 41.0 Å². The van der Waals surface area contributed by atoms with E-state index in [1.165, 1.54) is 12.1 Å².